The van der Waals surface area contributed by atoms with Crippen molar-refractivity contribution in [3.63, 3.8) is 0 Å². The average Bonchev–Trinajstić information content (AvgIpc) is 3.32. The lowest BCUT2D eigenvalue weighted by Crippen LogP contribution is -2.29. The SMILES string of the molecule is COc1ccc2[nH]cc(CCNC(=O)Cn3ccc4c(NC(C)=O)cccc43)c2c1. The summed E-state index contributed by atoms with van der Waals surface area (Å²) in [5, 5.41) is 7.82. The maximum atomic E-state index is 12.5. The number of methoxy groups -OCH3 is 1. The molecular formula is C23H24N4O3. The molecule has 0 saturated heterocycles. The van der Waals surface area contributed by atoms with Crippen LogP contribution in [0, 0.1) is 0 Å². The smallest absolute Gasteiger partial charge is 0.239 e. The van der Waals surface area contributed by atoms with E-state index in [1.54, 1.807) is 7.11 Å². The predicted molar refractivity (Wildman–Crippen MR) is 118 cm³/mol. The molecular weight excluding hydrogens is 380 g/mol. The molecule has 0 fully saturated rings. The zero-order valence-corrected chi connectivity index (χ0v) is 17.0. The number of nitrogens with zero attached hydrogens (tertiary/aromatic N) is 1. The Morgan fingerprint density at radius 2 is 2.00 bits per heavy atom. The van der Waals surface area contributed by atoms with E-state index in [0.717, 1.165) is 45.2 Å². The number of amides is 2. The van der Waals surface area contributed by atoms with Crippen LogP contribution in [-0.4, -0.2) is 35.0 Å². The van der Waals surface area contributed by atoms with Crippen molar-refractivity contribution < 1.29 is 14.3 Å². The van der Waals surface area contributed by atoms with E-state index in [4.69, 9.17) is 4.74 Å². The molecule has 0 atom stereocenters. The molecule has 0 aliphatic rings. The van der Waals surface area contributed by atoms with E-state index in [1.165, 1.54) is 6.92 Å². The van der Waals surface area contributed by atoms with Gasteiger partial charge in [0.15, 0.2) is 0 Å². The molecule has 2 heterocycles. The van der Waals surface area contributed by atoms with Crippen molar-refractivity contribution in [2.45, 2.75) is 19.9 Å². The van der Waals surface area contributed by atoms with Crippen molar-refractivity contribution in [3.05, 3.63) is 60.4 Å². The number of benzene rings is 2. The third-order valence-electron chi connectivity index (χ3n) is 5.13. The molecule has 0 unspecified atom stereocenters. The number of fused-ring (bicyclic) bond motifs is 2. The summed E-state index contributed by atoms with van der Waals surface area (Å²) in [6, 6.07) is 13.5. The van der Waals surface area contributed by atoms with Crippen LogP contribution in [0.3, 0.4) is 0 Å². The van der Waals surface area contributed by atoms with E-state index in [-0.39, 0.29) is 18.4 Å². The Bertz CT molecular complexity index is 1220. The second-order valence-corrected chi connectivity index (χ2v) is 7.19. The zero-order chi connectivity index (χ0) is 21.1. The second kappa shape index (κ2) is 8.32. The van der Waals surface area contributed by atoms with Crippen molar-refractivity contribution in [1.29, 1.82) is 0 Å². The molecule has 0 aliphatic heterocycles. The molecule has 4 rings (SSSR count). The summed E-state index contributed by atoms with van der Waals surface area (Å²) in [6.07, 6.45) is 4.55. The van der Waals surface area contributed by atoms with E-state index in [2.05, 4.69) is 15.6 Å². The first-order chi connectivity index (χ1) is 14.5. The van der Waals surface area contributed by atoms with E-state index < -0.39 is 0 Å². The van der Waals surface area contributed by atoms with Crippen LogP contribution in [-0.2, 0) is 22.6 Å². The number of hydrogen-bond donors (Lipinski definition) is 3. The first-order valence-corrected chi connectivity index (χ1v) is 9.81. The van der Waals surface area contributed by atoms with Crippen molar-refractivity contribution in [3.8, 4) is 5.75 Å². The summed E-state index contributed by atoms with van der Waals surface area (Å²) in [5.74, 6) is 0.628. The summed E-state index contributed by atoms with van der Waals surface area (Å²) in [7, 11) is 1.65. The highest BCUT2D eigenvalue weighted by Gasteiger charge is 2.10. The average molecular weight is 404 g/mol. The molecule has 7 heteroatoms. The Balaban J connectivity index is 1.39. The van der Waals surface area contributed by atoms with Crippen LogP contribution in [0.25, 0.3) is 21.8 Å². The fourth-order valence-corrected chi connectivity index (χ4v) is 3.70. The highest BCUT2D eigenvalue weighted by atomic mass is 16.5. The van der Waals surface area contributed by atoms with Crippen LogP contribution in [0.1, 0.15) is 12.5 Å². The second-order valence-electron chi connectivity index (χ2n) is 7.19. The van der Waals surface area contributed by atoms with Crippen molar-refractivity contribution in [1.82, 2.24) is 14.9 Å². The Morgan fingerprint density at radius 3 is 2.80 bits per heavy atom. The topological polar surface area (TPSA) is 88.2 Å². The number of rotatable bonds is 7. The van der Waals surface area contributed by atoms with Crippen molar-refractivity contribution in [2.24, 2.45) is 0 Å². The first-order valence-electron chi connectivity index (χ1n) is 9.81. The molecule has 2 aromatic heterocycles. The van der Waals surface area contributed by atoms with Gasteiger partial charge in [-0.05, 0) is 48.4 Å². The largest absolute Gasteiger partial charge is 0.497 e. The van der Waals surface area contributed by atoms with Crippen LogP contribution in [0.2, 0.25) is 0 Å². The van der Waals surface area contributed by atoms with Gasteiger partial charge in [0.25, 0.3) is 0 Å². The Labute approximate surface area is 174 Å². The highest BCUT2D eigenvalue weighted by Crippen LogP contribution is 2.25. The minimum absolute atomic E-state index is 0.0603. The van der Waals surface area contributed by atoms with Crippen LogP contribution in [0.5, 0.6) is 5.75 Å². The minimum atomic E-state index is -0.122. The lowest BCUT2D eigenvalue weighted by atomic mass is 10.1. The van der Waals surface area contributed by atoms with Crippen LogP contribution >= 0.6 is 0 Å². The number of anilines is 1. The summed E-state index contributed by atoms with van der Waals surface area (Å²) in [4.78, 5) is 27.1. The summed E-state index contributed by atoms with van der Waals surface area (Å²) in [6.45, 7) is 2.24. The van der Waals surface area contributed by atoms with Gasteiger partial charge in [-0.15, -0.1) is 0 Å². The quantitative estimate of drug-likeness (QED) is 0.441. The van der Waals surface area contributed by atoms with Gasteiger partial charge in [0.1, 0.15) is 12.3 Å². The molecule has 0 spiro atoms. The maximum absolute atomic E-state index is 12.5. The molecule has 154 valence electrons. The third kappa shape index (κ3) is 4.00. The standard InChI is InChI=1S/C23H24N4O3/c1-15(28)26-21-4-3-5-22-18(21)9-11-27(22)14-23(29)24-10-8-16-13-25-20-7-6-17(30-2)12-19(16)20/h3-7,9,11-13,25H,8,10,14H2,1-2H3,(H,24,29)(H,26,28). The zero-order valence-electron chi connectivity index (χ0n) is 17.0. The number of carbonyl (C=O) groups excluding carboxylic acids is 2. The number of aromatic nitrogens is 2. The van der Waals surface area contributed by atoms with Gasteiger partial charge in [0, 0.05) is 42.2 Å². The fraction of sp³-hybridized carbons (Fsp3) is 0.217. The Morgan fingerprint density at radius 1 is 1.13 bits per heavy atom. The molecule has 2 aromatic carbocycles. The summed E-state index contributed by atoms with van der Waals surface area (Å²) in [5.41, 5.74) is 3.83. The molecule has 4 aromatic rings. The monoisotopic (exact) mass is 404 g/mol. The summed E-state index contributed by atoms with van der Waals surface area (Å²) >= 11 is 0. The van der Waals surface area contributed by atoms with Gasteiger partial charge >= 0.3 is 0 Å². The van der Waals surface area contributed by atoms with Gasteiger partial charge in [-0.25, -0.2) is 0 Å². The maximum Gasteiger partial charge on any atom is 0.239 e. The number of nitrogens with one attached hydrogen (secondary N) is 3. The van der Waals surface area contributed by atoms with Crippen LogP contribution in [0.4, 0.5) is 5.69 Å². The van der Waals surface area contributed by atoms with Crippen molar-refractivity contribution in [2.75, 3.05) is 19.0 Å². The molecule has 2 amide bonds. The lowest BCUT2D eigenvalue weighted by Gasteiger charge is -2.09. The molecule has 0 aliphatic carbocycles. The minimum Gasteiger partial charge on any atom is -0.497 e. The summed E-state index contributed by atoms with van der Waals surface area (Å²) < 4.78 is 7.18. The van der Waals surface area contributed by atoms with Gasteiger partial charge in [0.05, 0.1) is 18.3 Å². The molecule has 0 saturated carbocycles. The third-order valence-corrected chi connectivity index (χ3v) is 5.13. The molecule has 30 heavy (non-hydrogen) atoms. The van der Waals surface area contributed by atoms with Gasteiger partial charge in [-0.3, -0.25) is 9.59 Å². The van der Waals surface area contributed by atoms with Gasteiger partial charge in [0.2, 0.25) is 11.8 Å². The number of carbonyl (C=O) groups is 2. The van der Waals surface area contributed by atoms with Crippen LogP contribution < -0.4 is 15.4 Å². The van der Waals surface area contributed by atoms with Crippen LogP contribution in [0.15, 0.2) is 54.9 Å². The molecule has 0 bridgehead atoms. The fourth-order valence-electron chi connectivity index (χ4n) is 3.70. The molecule has 3 N–H and O–H groups in total. The highest BCUT2D eigenvalue weighted by molar-refractivity contribution is 6.01. The number of H-pyrrole nitrogens is 1. The van der Waals surface area contributed by atoms with Crippen molar-refractivity contribution >= 4 is 39.3 Å². The Hall–Kier alpha value is -3.74. The van der Waals surface area contributed by atoms with Gasteiger partial charge in [-0.2, -0.15) is 0 Å². The van der Waals surface area contributed by atoms with Gasteiger partial charge in [-0.1, -0.05) is 6.07 Å². The number of aromatic amines is 1. The normalized spacial score (nSPS) is 11.0. The Kier molecular flexibility index (Phi) is 5.43. The first kappa shape index (κ1) is 19.6. The molecule has 0 radical (unpaired) electrons. The van der Waals surface area contributed by atoms with E-state index in [9.17, 15) is 9.59 Å². The van der Waals surface area contributed by atoms with E-state index in [0.29, 0.717) is 6.54 Å². The van der Waals surface area contributed by atoms with E-state index >= 15 is 0 Å². The number of hydrogen-bond acceptors (Lipinski definition) is 3. The van der Waals surface area contributed by atoms with E-state index in [1.807, 2.05) is 59.4 Å². The lowest BCUT2D eigenvalue weighted by molar-refractivity contribution is -0.121. The number of ether oxygens (including phenoxy) is 1. The predicted octanol–water partition coefficient (Wildman–Crippen LogP) is 3.45. The molecule has 7 nitrogen and oxygen atoms in total. The van der Waals surface area contributed by atoms with Gasteiger partial charge < -0.3 is 24.9 Å².